The van der Waals surface area contributed by atoms with Gasteiger partial charge in [0.1, 0.15) is 5.15 Å². The highest BCUT2D eigenvalue weighted by molar-refractivity contribution is 6.32. The van der Waals surface area contributed by atoms with E-state index in [2.05, 4.69) is 16.5 Å². The van der Waals surface area contributed by atoms with Crippen LogP contribution >= 0.6 is 23.2 Å². The SMILES string of the molecule is C=CCc1c(C)nc(Cl)nc1Cl. The van der Waals surface area contributed by atoms with Gasteiger partial charge in [0.2, 0.25) is 5.28 Å². The topological polar surface area (TPSA) is 25.8 Å². The van der Waals surface area contributed by atoms with Crippen LogP contribution in [0.5, 0.6) is 0 Å². The number of rotatable bonds is 2. The van der Waals surface area contributed by atoms with Crippen LogP contribution in [0.25, 0.3) is 0 Å². The molecule has 0 fully saturated rings. The van der Waals surface area contributed by atoms with E-state index in [9.17, 15) is 0 Å². The summed E-state index contributed by atoms with van der Waals surface area (Å²) >= 11 is 11.4. The molecule has 0 N–H and O–H groups in total. The Morgan fingerprint density at radius 3 is 2.58 bits per heavy atom. The van der Waals surface area contributed by atoms with Gasteiger partial charge in [-0.3, -0.25) is 0 Å². The molecule has 1 rings (SSSR count). The van der Waals surface area contributed by atoms with Crippen molar-refractivity contribution < 1.29 is 0 Å². The van der Waals surface area contributed by atoms with Crippen LogP contribution in [0, 0.1) is 6.92 Å². The van der Waals surface area contributed by atoms with Gasteiger partial charge in [0.15, 0.2) is 0 Å². The zero-order valence-corrected chi connectivity index (χ0v) is 8.15. The van der Waals surface area contributed by atoms with Crippen molar-refractivity contribution in [3.63, 3.8) is 0 Å². The predicted octanol–water partition coefficient (Wildman–Crippen LogP) is 2.82. The van der Waals surface area contributed by atoms with Crippen molar-refractivity contribution in [2.45, 2.75) is 13.3 Å². The quantitative estimate of drug-likeness (QED) is 0.419. The standard InChI is InChI=1S/C8H8Cl2N2/c1-3-4-6-5(2)11-8(10)12-7(6)9/h3H,1,4H2,2H3. The molecule has 1 aromatic rings. The highest BCUT2D eigenvalue weighted by Gasteiger charge is 2.06. The van der Waals surface area contributed by atoms with Crippen molar-refractivity contribution in [2.24, 2.45) is 0 Å². The van der Waals surface area contributed by atoms with Crippen LogP contribution < -0.4 is 0 Å². The Kier molecular flexibility index (Phi) is 3.06. The maximum absolute atomic E-state index is 5.83. The average molecular weight is 203 g/mol. The van der Waals surface area contributed by atoms with E-state index in [-0.39, 0.29) is 5.28 Å². The second-order valence-electron chi connectivity index (χ2n) is 2.34. The first-order valence-corrected chi connectivity index (χ1v) is 4.20. The molecule has 0 aliphatic carbocycles. The van der Waals surface area contributed by atoms with Gasteiger partial charge in [-0.15, -0.1) is 6.58 Å². The molecule has 0 saturated carbocycles. The summed E-state index contributed by atoms with van der Waals surface area (Å²) in [5, 5.41) is 0.595. The van der Waals surface area contributed by atoms with Gasteiger partial charge in [-0.1, -0.05) is 17.7 Å². The molecule has 0 atom stereocenters. The molecular formula is C8H8Cl2N2. The fourth-order valence-electron chi connectivity index (χ4n) is 0.905. The molecule has 64 valence electrons. The van der Waals surface area contributed by atoms with Crippen molar-refractivity contribution in [3.05, 3.63) is 34.3 Å². The van der Waals surface area contributed by atoms with E-state index in [1.165, 1.54) is 0 Å². The zero-order valence-electron chi connectivity index (χ0n) is 6.64. The highest BCUT2D eigenvalue weighted by Crippen LogP contribution is 2.18. The second-order valence-corrected chi connectivity index (χ2v) is 3.04. The fourth-order valence-corrected chi connectivity index (χ4v) is 1.45. The van der Waals surface area contributed by atoms with Crippen LogP contribution in [0.2, 0.25) is 10.4 Å². The van der Waals surface area contributed by atoms with Gasteiger partial charge >= 0.3 is 0 Å². The lowest BCUT2D eigenvalue weighted by atomic mass is 10.2. The van der Waals surface area contributed by atoms with Crippen LogP contribution in [-0.2, 0) is 6.42 Å². The van der Waals surface area contributed by atoms with Crippen LogP contribution in [-0.4, -0.2) is 9.97 Å². The van der Waals surface area contributed by atoms with Crippen LogP contribution in [0.3, 0.4) is 0 Å². The minimum Gasteiger partial charge on any atom is -0.223 e. The zero-order chi connectivity index (χ0) is 9.14. The molecule has 12 heavy (non-hydrogen) atoms. The Hall–Kier alpha value is -0.600. The molecule has 0 aliphatic rings. The lowest BCUT2D eigenvalue weighted by Crippen LogP contribution is -1.96. The molecule has 0 aromatic carbocycles. The molecule has 1 heterocycles. The summed E-state index contributed by atoms with van der Waals surface area (Å²) in [6.45, 7) is 5.46. The van der Waals surface area contributed by atoms with E-state index in [0.717, 1.165) is 11.3 Å². The molecule has 0 unspecified atom stereocenters. The largest absolute Gasteiger partial charge is 0.224 e. The van der Waals surface area contributed by atoms with E-state index in [0.29, 0.717) is 11.6 Å². The summed E-state index contributed by atoms with van der Waals surface area (Å²) in [6, 6.07) is 0. The molecule has 2 nitrogen and oxygen atoms in total. The third-order valence-electron chi connectivity index (χ3n) is 1.48. The molecule has 0 aliphatic heterocycles. The summed E-state index contributed by atoms with van der Waals surface area (Å²) in [5.74, 6) is 0. The first-order valence-electron chi connectivity index (χ1n) is 3.44. The predicted molar refractivity (Wildman–Crippen MR) is 50.7 cm³/mol. The van der Waals surface area contributed by atoms with E-state index in [4.69, 9.17) is 23.2 Å². The van der Waals surface area contributed by atoms with E-state index in [1.54, 1.807) is 6.08 Å². The Morgan fingerprint density at radius 1 is 1.42 bits per heavy atom. The van der Waals surface area contributed by atoms with Gasteiger partial charge in [0.05, 0.1) is 0 Å². The maximum atomic E-state index is 5.83. The van der Waals surface area contributed by atoms with E-state index in [1.807, 2.05) is 6.92 Å². The van der Waals surface area contributed by atoms with Crippen LogP contribution in [0.1, 0.15) is 11.3 Å². The summed E-state index contributed by atoms with van der Waals surface area (Å²) in [4.78, 5) is 7.80. The Morgan fingerprint density at radius 2 is 2.08 bits per heavy atom. The van der Waals surface area contributed by atoms with E-state index < -0.39 is 0 Å². The Bertz CT molecular complexity index is 287. The number of halogens is 2. The molecule has 4 heteroatoms. The molecule has 0 bridgehead atoms. The molecule has 0 radical (unpaired) electrons. The minimum absolute atomic E-state index is 0.185. The fraction of sp³-hybridized carbons (Fsp3) is 0.250. The number of nitrogens with zero attached hydrogens (tertiary/aromatic N) is 2. The van der Waals surface area contributed by atoms with Crippen molar-refractivity contribution in [2.75, 3.05) is 0 Å². The molecular weight excluding hydrogens is 195 g/mol. The number of aromatic nitrogens is 2. The van der Waals surface area contributed by atoms with Crippen molar-refractivity contribution in [3.8, 4) is 0 Å². The molecule has 0 spiro atoms. The molecule has 0 amide bonds. The third-order valence-corrected chi connectivity index (χ3v) is 1.97. The first-order chi connectivity index (χ1) is 5.65. The summed E-state index contributed by atoms with van der Waals surface area (Å²) in [6.07, 6.45) is 2.42. The van der Waals surface area contributed by atoms with Gasteiger partial charge in [0.25, 0.3) is 0 Å². The Labute approximate surface area is 81.2 Å². The normalized spacial score (nSPS) is 9.92. The van der Waals surface area contributed by atoms with E-state index >= 15 is 0 Å². The summed E-state index contributed by atoms with van der Waals surface area (Å²) in [7, 11) is 0. The number of allylic oxidation sites excluding steroid dienone is 1. The number of hydrogen-bond acceptors (Lipinski definition) is 2. The number of aryl methyl sites for hydroxylation is 1. The molecule has 1 aromatic heterocycles. The monoisotopic (exact) mass is 202 g/mol. The lowest BCUT2D eigenvalue weighted by Gasteiger charge is -2.03. The van der Waals surface area contributed by atoms with Gasteiger partial charge in [-0.2, -0.15) is 0 Å². The van der Waals surface area contributed by atoms with Crippen molar-refractivity contribution in [1.82, 2.24) is 9.97 Å². The van der Waals surface area contributed by atoms with Crippen LogP contribution in [0.4, 0.5) is 0 Å². The van der Waals surface area contributed by atoms with Crippen molar-refractivity contribution in [1.29, 1.82) is 0 Å². The van der Waals surface area contributed by atoms with Gasteiger partial charge in [-0.25, -0.2) is 9.97 Å². The van der Waals surface area contributed by atoms with Gasteiger partial charge < -0.3 is 0 Å². The summed E-state index contributed by atoms with van der Waals surface area (Å²) in [5.41, 5.74) is 1.69. The van der Waals surface area contributed by atoms with Crippen LogP contribution in [0.15, 0.2) is 12.7 Å². The third kappa shape index (κ3) is 1.96. The minimum atomic E-state index is 0.185. The van der Waals surface area contributed by atoms with Gasteiger partial charge in [-0.05, 0) is 24.9 Å². The highest BCUT2D eigenvalue weighted by atomic mass is 35.5. The Balaban J connectivity index is 3.18. The number of hydrogen-bond donors (Lipinski definition) is 0. The average Bonchev–Trinajstić information content (AvgIpc) is 1.96. The maximum Gasteiger partial charge on any atom is 0.224 e. The smallest absolute Gasteiger partial charge is 0.223 e. The first kappa shape index (κ1) is 9.49. The van der Waals surface area contributed by atoms with Crippen molar-refractivity contribution >= 4 is 23.2 Å². The molecule has 0 saturated heterocycles. The second kappa shape index (κ2) is 3.87. The summed E-state index contributed by atoms with van der Waals surface area (Å²) < 4.78 is 0. The lowest BCUT2D eigenvalue weighted by molar-refractivity contribution is 1.03. The van der Waals surface area contributed by atoms with Gasteiger partial charge in [0, 0.05) is 11.3 Å².